The summed E-state index contributed by atoms with van der Waals surface area (Å²) in [6.07, 6.45) is 1.47. The Balaban J connectivity index is 1.48. The number of carbonyl (C=O) groups is 2. The number of nitrogens with one attached hydrogen (secondary N) is 1. The third-order valence-electron chi connectivity index (χ3n) is 3.75. The molecule has 1 N–H and O–H groups in total. The Bertz CT molecular complexity index is 1070. The monoisotopic (exact) mass is 486 g/mol. The van der Waals surface area contributed by atoms with Gasteiger partial charge in [0.2, 0.25) is 0 Å². The van der Waals surface area contributed by atoms with E-state index in [2.05, 4.69) is 26.5 Å². The van der Waals surface area contributed by atoms with Gasteiger partial charge in [0, 0.05) is 9.50 Å². The van der Waals surface area contributed by atoms with Crippen LogP contribution in [0.3, 0.4) is 0 Å². The van der Waals surface area contributed by atoms with E-state index >= 15 is 0 Å². The van der Waals surface area contributed by atoms with Gasteiger partial charge >= 0.3 is 5.97 Å². The zero-order valence-electron chi connectivity index (χ0n) is 15.5. The number of benzene rings is 3. The third-order valence-corrected chi connectivity index (χ3v) is 4.68. The second kappa shape index (κ2) is 10.6. The number of hydrogen-bond donors (Lipinski definition) is 1. The zero-order valence-corrected chi connectivity index (χ0v) is 17.9. The van der Waals surface area contributed by atoms with Crippen LogP contribution in [0.5, 0.6) is 11.5 Å². The number of halogens is 2. The highest BCUT2D eigenvalue weighted by Gasteiger charge is 2.11. The lowest BCUT2D eigenvalue weighted by molar-refractivity contribution is -0.123. The molecule has 1 amide bonds. The molecular weight excluding hydrogens is 472 g/mol. The van der Waals surface area contributed by atoms with Crippen LogP contribution in [-0.4, -0.2) is 24.7 Å². The van der Waals surface area contributed by atoms with Crippen molar-refractivity contribution in [3.63, 3.8) is 0 Å². The number of esters is 1. The summed E-state index contributed by atoms with van der Waals surface area (Å²) in [5.74, 6) is 0.0160. The first-order valence-corrected chi connectivity index (χ1v) is 9.95. The van der Waals surface area contributed by atoms with Crippen molar-refractivity contribution < 1.29 is 19.1 Å². The van der Waals surface area contributed by atoms with Crippen LogP contribution in [0.1, 0.15) is 15.9 Å². The average Bonchev–Trinajstić information content (AvgIpc) is 2.74. The van der Waals surface area contributed by atoms with Gasteiger partial charge in [0.25, 0.3) is 5.91 Å². The van der Waals surface area contributed by atoms with Crippen LogP contribution in [0.15, 0.2) is 82.4 Å². The van der Waals surface area contributed by atoms with E-state index in [0.29, 0.717) is 32.1 Å². The molecule has 0 heterocycles. The van der Waals surface area contributed by atoms with Gasteiger partial charge in [0.1, 0.15) is 11.5 Å². The summed E-state index contributed by atoms with van der Waals surface area (Å²) < 4.78 is 11.3. The Labute approximate surface area is 186 Å². The Morgan fingerprint density at radius 1 is 1.00 bits per heavy atom. The lowest BCUT2D eigenvalue weighted by atomic mass is 10.2. The first kappa shape index (κ1) is 21.5. The van der Waals surface area contributed by atoms with E-state index in [1.165, 1.54) is 6.21 Å². The molecule has 0 atom stereocenters. The third kappa shape index (κ3) is 6.43. The molecule has 0 fully saturated rings. The van der Waals surface area contributed by atoms with Crippen LogP contribution in [0.4, 0.5) is 0 Å². The van der Waals surface area contributed by atoms with E-state index in [1.807, 2.05) is 6.07 Å². The zero-order chi connectivity index (χ0) is 21.3. The van der Waals surface area contributed by atoms with Crippen molar-refractivity contribution in [1.29, 1.82) is 0 Å². The molecule has 30 heavy (non-hydrogen) atoms. The van der Waals surface area contributed by atoms with Crippen LogP contribution >= 0.6 is 27.5 Å². The predicted molar refractivity (Wildman–Crippen MR) is 118 cm³/mol. The van der Waals surface area contributed by atoms with Crippen molar-refractivity contribution in [2.45, 2.75) is 0 Å². The van der Waals surface area contributed by atoms with Gasteiger partial charge in [0.15, 0.2) is 6.61 Å². The Hall–Kier alpha value is -3.16. The SMILES string of the molecule is O=C(COc1cccc(Cl)c1)NN=Cc1ccc(OC(=O)c2ccccc2Br)cc1. The molecule has 3 aromatic carbocycles. The minimum atomic E-state index is -0.462. The van der Waals surface area contributed by atoms with Crippen molar-refractivity contribution in [1.82, 2.24) is 5.43 Å². The summed E-state index contributed by atoms with van der Waals surface area (Å²) in [6, 6.07) is 20.5. The largest absolute Gasteiger partial charge is 0.484 e. The summed E-state index contributed by atoms with van der Waals surface area (Å²) in [7, 11) is 0. The highest BCUT2D eigenvalue weighted by molar-refractivity contribution is 9.10. The molecule has 0 aliphatic rings. The maximum Gasteiger partial charge on any atom is 0.344 e. The molecule has 0 saturated carbocycles. The minimum absolute atomic E-state index is 0.193. The fourth-order valence-electron chi connectivity index (χ4n) is 2.33. The summed E-state index contributed by atoms with van der Waals surface area (Å²) in [4.78, 5) is 24.0. The molecule has 0 bridgehead atoms. The summed E-state index contributed by atoms with van der Waals surface area (Å²) in [6.45, 7) is -0.193. The van der Waals surface area contributed by atoms with E-state index in [0.717, 1.165) is 0 Å². The number of hydrazone groups is 1. The maximum absolute atomic E-state index is 12.2. The van der Waals surface area contributed by atoms with E-state index in [1.54, 1.807) is 66.7 Å². The minimum Gasteiger partial charge on any atom is -0.484 e. The van der Waals surface area contributed by atoms with Crippen molar-refractivity contribution >= 4 is 45.6 Å². The molecule has 0 radical (unpaired) electrons. The highest BCUT2D eigenvalue weighted by atomic mass is 79.9. The fraction of sp³-hybridized carbons (Fsp3) is 0.0455. The number of ether oxygens (including phenoxy) is 2. The molecule has 3 aromatic rings. The average molecular weight is 488 g/mol. The van der Waals surface area contributed by atoms with E-state index in [4.69, 9.17) is 21.1 Å². The molecule has 8 heteroatoms. The molecule has 3 rings (SSSR count). The van der Waals surface area contributed by atoms with Gasteiger partial charge in [-0.05, 0) is 76.1 Å². The number of hydrogen-bond acceptors (Lipinski definition) is 5. The lowest BCUT2D eigenvalue weighted by Gasteiger charge is -2.06. The normalized spacial score (nSPS) is 10.6. The number of amides is 1. The van der Waals surface area contributed by atoms with E-state index < -0.39 is 11.9 Å². The number of nitrogens with zero attached hydrogens (tertiary/aromatic N) is 1. The smallest absolute Gasteiger partial charge is 0.344 e. The van der Waals surface area contributed by atoms with E-state index in [-0.39, 0.29) is 6.61 Å². The van der Waals surface area contributed by atoms with Crippen molar-refractivity contribution in [3.05, 3.63) is 93.4 Å². The van der Waals surface area contributed by atoms with Crippen LogP contribution in [0, 0.1) is 0 Å². The summed E-state index contributed by atoms with van der Waals surface area (Å²) in [5, 5.41) is 4.40. The number of carbonyl (C=O) groups excluding carboxylic acids is 2. The van der Waals surface area contributed by atoms with Crippen molar-refractivity contribution in [2.75, 3.05) is 6.61 Å². The molecule has 0 aliphatic carbocycles. The standard InChI is InChI=1S/C22H16BrClN2O4/c23-20-7-2-1-6-19(20)22(28)30-17-10-8-15(9-11-17)13-25-26-21(27)14-29-18-5-3-4-16(24)12-18/h1-13H,14H2,(H,26,27). The maximum atomic E-state index is 12.2. The van der Waals surface area contributed by atoms with Gasteiger partial charge in [-0.3, -0.25) is 4.79 Å². The molecular formula is C22H16BrClN2O4. The van der Waals surface area contributed by atoms with Gasteiger partial charge in [-0.1, -0.05) is 29.8 Å². The van der Waals surface area contributed by atoms with Gasteiger partial charge in [-0.25, -0.2) is 10.2 Å². The predicted octanol–water partition coefficient (Wildman–Crippen LogP) is 4.85. The Morgan fingerprint density at radius 2 is 1.77 bits per heavy atom. The second-order valence-corrected chi connectivity index (χ2v) is 7.27. The van der Waals surface area contributed by atoms with Gasteiger partial charge in [0.05, 0.1) is 11.8 Å². The molecule has 0 spiro atoms. The van der Waals surface area contributed by atoms with E-state index in [9.17, 15) is 9.59 Å². The molecule has 0 aromatic heterocycles. The molecule has 0 unspecified atom stereocenters. The summed E-state index contributed by atoms with van der Waals surface area (Å²) in [5.41, 5.74) is 3.52. The van der Waals surface area contributed by atoms with Crippen molar-refractivity contribution in [2.24, 2.45) is 5.10 Å². The first-order valence-electron chi connectivity index (χ1n) is 8.78. The number of rotatable bonds is 7. The topological polar surface area (TPSA) is 77.0 Å². The highest BCUT2D eigenvalue weighted by Crippen LogP contribution is 2.19. The fourth-order valence-corrected chi connectivity index (χ4v) is 2.95. The molecule has 0 aliphatic heterocycles. The van der Waals surface area contributed by atoms with Crippen LogP contribution in [0.2, 0.25) is 5.02 Å². The molecule has 0 saturated heterocycles. The van der Waals surface area contributed by atoms with Crippen LogP contribution in [-0.2, 0) is 4.79 Å². The van der Waals surface area contributed by atoms with Gasteiger partial charge in [-0.2, -0.15) is 5.10 Å². The molecule has 152 valence electrons. The van der Waals surface area contributed by atoms with Gasteiger partial charge < -0.3 is 9.47 Å². The quantitative estimate of drug-likeness (QED) is 0.224. The second-order valence-electron chi connectivity index (χ2n) is 5.98. The Morgan fingerprint density at radius 3 is 2.50 bits per heavy atom. The summed E-state index contributed by atoms with van der Waals surface area (Å²) >= 11 is 9.18. The lowest BCUT2D eigenvalue weighted by Crippen LogP contribution is -2.24. The Kier molecular flexibility index (Phi) is 7.59. The van der Waals surface area contributed by atoms with Crippen LogP contribution < -0.4 is 14.9 Å². The van der Waals surface area contributed by atoms with Gasteiger partial charge in [-0.15, -0.1) is 0 Å². The first-order chi connectivity index (χ1) is 14.5. The molecule has 6 nitrogen and oxygen atoms in total. The van der Waals surface area contributed by atoms with Crippen molar-refractivity contribution in [3.8, 4) is 11.5 Å². The van der Waals surface area contributed by atoms with Crippen LogP contribution in [0.25, 0.3) is 0 Å².